The van der Waals surface area contributed by atoms with E-state index < -0.39 is 34.7 Å². The van der Waals surface area contributed by atoms with E-state index in [4.69, 9.17) is 4.74 Å². The molecule has 0 heterocycles. The van der Waals surface area contributed by atoms with Crippen molar-refractivity contribution in [3.8, 4) is 0 Å². The van der Waals surface area contributed by atoms with Crippen LogP contribution in [-0.2, 0) is 25.5 Å². The lowest BCUT2D eigenvalue weighted by molar-refractivity contribution is -0.385. The molecule has 1 unspecified atom stereocenters. The molecule has 0 aromatic heterocycles. The molecule has 9 nitrogen and oxygen atoms in total. The average molecular weight is 403 g/mol. The zero-order chi connectivity index (χ0) is 18.5. The Morgan fingerprint density at radius 2 is 2.04 bits per heavy atom. The number of nitrogens with one attached hydrogen (secondary N) is 1. The van der Waals surface area contributed by atoms with Gasteiger partial charge in [0.05, 0.1) is 11.5 Å². The molecule has 1 amide bonds. The van der Waals surface area contributed by atoms with Crippen molar-refractivity contribution in [3.05, 3.63) is 38.3 Å². The third-order valence-corrected chi connectivity index (χ3v) is 3.57. The van der Waals surface area contributed by atoms with Gasteiger partial charge in [0.1, 0.15) is 0 Å². The van der Waals surface area contributed by atoms with Crippen molar-refractivity contribution in [2.24, 2.45) is 0 Å². The first-order valence-electron chi connectivity index (χ1n) is 6.76. The number of carboxylic acid groups (broad SMARTS) is 1. The number of nitro benzene ring substituents is 1. The number of halogens is 1. The van der Waals surface area contributed by atoms with Crippen LogP contribution in [0.15, 0.2) is 22.7 Å². The number of nitro groups is 1. The van der Waals surface area contributed by atoms with Gasteiger partial charge in [0, 0.05) is 29.4 Å². The van der Waals surface area contributed by atoms with Crippen LogP contribution in [0.25, 0.3) is 0 Å². The predicted octanol–water partition coefficient (Wildman–Crippen LogP) is 1.42. The summed E-state index contributed by atoms with van der Waals surface area (Å²) in [5.74, 6) is -3.66. The van der Waals surface area contributed by atoms with Gasteiger partial charge in [0.2, 0.25) is 11.4 Å². The Morgan fingerprint density at radius 3 is 2.50 bits per heavy atom. The molecule has 0 aliphatic rings. The lowest BCUT2D eigenvalue weighted by atomic mass is 9.89. The van der Waals surface area contributed by atoms with Crippen molar-refractivity contribution >= 4 is 39.5 Å². The summed E-state index contributed by atoms with van der Waals surface area (Å²) in [6.45, 7) is 2.39. The molecule has 2 N–H and O–H groups in total. The molecule has 1 aromatic carbocycles. The number of aliphatic carboxylic acids is 1. The van der Waals surface area contributed by atoms with Gasteiger partial charge in [-0.2, -0.15) is 0 Å². The molecule has 0 fully saturated rings. The second-order valence-corrected chi connectivity index (χ2v) is 5.73. The predicted molar refractivity (Wildman–Crippen MR) is 85.3 cm³/mol. The van der Waals surface area contributed by atoms with Gasteiger partial charge in [-0.05, 0) is 13.0 Å². The molecule has 0 saturated carbocycles. The summed E-state index contributed by atoms with van der Waals surface area (Å²) < 4.78 is 5.16. The van der Waals surface area contributed by atoms with Crippen LogP contribution in [0.1, 0.15) is 19.4 Å². The largest absolute Gasteiger partial charge is 0.479 e. The molecule has 0 bridgehead atoms. The number of nitrogens with zero attached hydrogens (tertiary/aromatic N) is 1. The third kappa shape index (κ3) is 4.28. The number of hydrogen-bond acceptors (Lipinski definition) is 6. The van der Waals surface area contributed by atoms with Crippen LogP contribution in [0, 0.1) is 10.1 Å². The highest BCUT2D eigenvalue weighted by atomic mass is 79.9. The Bertz CT molecular complexity index is 692. The van der Waals surface area contributed by atoms with Gasteiger partial charge in [-0.25, -0.2) is 9.59 Å². The number of rotatable bonds is 7. The van der Waals surface area contributed by atoms with Crippen LogP contribution < -0.4 is 5.32 Å². The molecular formula is C14H15BrN2O7. The Labute approximate surface area is 145 Å². The fourth-order valence-electron chi connectivity index (χ4n) is 2.08. The van der Waals surface area contributed by atoms with E-state index >= 15 is 0 Å². The molecule has 1 aromatic rings. The van der Waals surface area contributed by atoms with Crippen LogP contribution in [0.5, 0.6) is 0 Å². The molecular weight excluding hydrogens is 388 g/mol. The minimum atomic E-state index is -2.46. The summed E-state index contributed by atoms with van der Waals surface area (Å²) in [5.41, 5.74) is -2.88. The lowest BCUT2D eigenvalue weighted by Gasteiger charge is -2.27. The van der Waals surface area contributed by atoms with E-state index in [1.165, 1.54) is 25.1 Å². The number of hydrogen-bond donors (Lipinski definition) is 2. The van der Waals surface area contributed by atoms with Crippen LogP contribution in [0.4, 0.5) is 5.69 Å². The highest BCUT2D eigenvalue weighted by Crippen LogP contribution is 2.28. The maximum absolute atomic E-state index is 12.2. The van der Waals surface area contributed by atoms with Crippen LogP contribution in [0.3, 0.4) is 0 Å². The normalized spacial score (nSPS) is 12.8. The molecule has 0 radical (unpaired) electrons. The van der Waals surface area contributed by atoms with Gasteiger partial charge in [-0.1, -0.05) is 22.0 Å². The Balaban J connectivity index is 3.46. The van der Waals surface area contributed by atoms with Gasteiger partial charge in [0.25, 0.3) is 5.69 Å². The molecule has 24 heavy (non-hydrogen) atoms. The minimum absolute atomic E-state index is 0.0348. The minimum Gasteiger partial charge on any atom is -0.479 e. The molecule has 1 atom stereocenters. The van der Waals surface area contributed by atoms with Gasteiger partial charge in [-0.15, -0.1) is 0 Å². The Kier molecular flexibility index (Phi) is 6.41. The van der Waals surface area contributed by atoms with E-state index in [1.807, 2.05) is 0 Å². The molecule has 130 valence electrons. The number of carbonyl (C=O) groups excluding carboxylic acids is 2. The summed E-state index contributed by atoms with van der Waals surface area (Å²) in [4.78, 5) is 45.8. The molecule has 1 rings (SSSR count). The number of amides is 1. The zero-order valence-corrected chi connectivity index (χ0v) is 14.5. The van der Waals surface area contributed by atoms with E-state index in [0.717, 1.165) is 6.92 Å². The van der Waals surface area contributed by atoms with Crippen molar-refractivity contribution in [2.75, 3.05) is 6.61 Å². The van der Waals surface area contributed by atoms with Crippen LogP contribution in [-0.4, -0.2) is 40.0 Å². The fraction of sp³-hybridized carbons (Fsp3) is 0.357. The highest BCUT2D eigenvalue weighted by molar-refractivity contribution is 9.10. The first-order valence-corrected chi connectivity index (χ1v) is 7.55. The highest BCUT2D eigenvalue weighted by Gasteiger charge is 2.50. The van der Waals surface area contributed by atoms with Crippen molar-refractivity contribution in [3.63, 3.8) is 0 Å². The summed E-state index contributed by atoms with van der Waals surface area (Å²) in [6, 6.07) is 3.95. The van der Waals surface area contributed by atoms with Gasteiger partial charge >= 0.3 is 11.9 Å². The Hall–Kier alpha value is -2.49. The van der Waals surface area contributed by atoms with E-state index in [2.05, 4.69) is 21.2 Å². The summed E-state index contributed by atoms with van der Waals surface area (Å²) in [5, 5.41) is 22.8. The molecule has 0 spiro atoms. The van der Waals surface area contributed by atoms with Crippen LogP contribution in [0.2, 0.25) is 0 Å². The second-order valence-electron chi connectivity index (χ2n) is 4.82. The Morgan fingerprint density at radius 1 is 1.42 bits per heavy atom. The third-order valence-electron chi connectivity index (χ3n) is 3.08. The number of esters is 1. The van der Waals surface area contributed by atoms with E-state index in [-0.39, 0.29) is 17.9 Å². The van der Waals surface area contributed by atoms with Crippen molar-refractivity contribution in [2.45, 2.75) is 25.8 Å². The number of carboxylic acids is 1. The smallest absolute Gasteiger partial charge is 0.344 e. The molecule has 0 aliphatic heterocycles. The molecule has 0 aliphatic carbocycles. The van der Waals surface area contributed by atoms with Gasteiger partial charge in [0.15, 0.2) is 0 Å². The quantitative estimate of drug-likeness (QED) is 0.304. The number of ether oxygens (including phenoxy) is 1. The van der Waals surface area contributed by atoms with Gasteiger partial charge < -0.3 is 15.2 Å². The second kappa shape index (κ2) is 7.86. The van der Waals surface area contributed by atoms with E-state index in [0.29, 0.717) is 4.47 Å². The standard InChI is InChI=1S/C14H15BrN2O7/c1-3-24-13(21)14(12(19)20,16-8(2)18)7-9-4-5-10(15)6-11(9)17(22)23/h4-6H,3,7H2,1-2H3,(H,16,18)(H,19,20). The summed E-state index contributed by atoms with van der Waals surface area (Å²) in [7, 11) is 0. The van der Waals surface area contributed by atoms with Gasteiger partial charge in [-0.3, -0.25) is 14.9 Å². The lowest BCUT2D eigenvalue weighted by Crippen LogP contribution is -2.62. The molecule has 0 saturated heterocycles. The fourth-order valence-corrected chi connectivity index (χ4v) is 2.43. The zero-order valence-electron chi connectivity index (χ0n) is 12.9. The maximum atomic E-state index is 12.2. The van der Waals surface area contributed by atoms with E-state index in [1.54, 1.807) is 0 Å². The summed E-state index contributed by atoms with van der Waals surface area (Å²) in [6.07, 6.45) is -0.635. The topological polar surface area (TPSA) is 136 Å². The first kappa shape index (κ1) is 19.6. The average Bonchev–Trinajstić information content (AvgIpc) is 2.47. The number of benzene rings is 1. The SMILES string of the molecule is CCOC(=O)C(Cc1ccc(Br)cc1[N+](=O)[O-])(NC(C)=O)C(=O)O. The summed E-state index contributed by atoms with van der Waals surface area (Å²) >= 11 is 3.09. The molecule has 10 heteroatoms. The number of carbonyl (C=O) groups is 3. The van der Waals surface area contributed by atoms with E-state index in [9.17, 15) is 29.6 Å². The van der Waals surface area contributed by atoms with Crippen molar-refractivity contribution < 1.29 is 29.2 Å². The first-order chi connectivity index (χ1) is 11.1. The van der Waals surface area contributed by atoms with Crippen LogP contribution >= 0.6 is 15.9 Å². The van der Waals surface area contributed by atoms with Crippen molar-refractivity contribution in [1.82, 2.24) is 5.32 Å². The maximum Gasteiger partial charge on any atom is 0.344 e. The monoisotopic (exact) mass is 402 g/mol. The van der Waals surface area contributed by atoms with Crippen molar-refractivity contribution in [1.29, 1.82) is 0 Å².